The van der Waals surface area contributed by atoms with Crippen LogP contribution in [0.2, 0.25) is 0 Å². The molecule has 4 nitrogen and oxygen atoms in total. The lowest BCUT2D eigenvalue weighted by Crippen LogP contribution is -2.30. The van der Waals surface area contributed by atoms with E-state index >= 15 is 0 Å². The normalized spacial score (nSPS) is 13.1. The highest BCUT2D eigenvalue weighted by Gasteiger charge is 2.20. The lowest BCUT2D eigenvalue weighted by molar-refractivity contribution is -0.116. The molecule has 43 heavy (non-hydrogen) atoms. The Morgan fingerprint density at radius 1 is 0.884 bits per heavy atom. The van der Waals surface area contributed by atoms with Crippen LogP contribution in [0, 0.1) is 0 Å². The molecule has 0 saturated heterocycles. The SMILES string of the molecule is CCCCCCCCCCCCCCOc1cc(CCN(C(C)=O)c2cccc(CN3C=CSC3)c2)ccc1C(C)(C)C. The third-order valence-corrected chi connectivity index (χ3v) is 9.12. The van der Waals surface area contributed by atoms with E-state index in [-0.39, 0.29) is 11.3 Å². The van der Waals surface area contributed by atoms with Gasteiger partial charge in [0.25, 0.3) is 0 Å². The molecule has 0 unspecified atom stereocenters. The number of carbonyl (C=O) groups is 1. The highest BCUT2D eigenvalue weighted by Crippen LogP contribution is 2.33. The van der Waals surface area contributed by atoms with Gasteiger partial charge in [0, 0.05) is 31.9 Å². The Bertz CT molecular complexity index is 1120. The van der Waals surface area contributed by atoms with E-state index in [0.717, 1.165) is 43.3 Å². The van der Waals surface area contributed by atoms with Crippen molar-refractivity contribution in [3.63, 3.8) is 0 Å². The second kappa shape index (κ2) is 19.1. The number of anilines is 1. The van der Waals surface area contributed by atoms with Gasteiger partial charge in [-0.25, -0.2) is 0 Å². The average Bonchev–Trinajstić information content (AvgIpc) is 3.48. The van der Waals surface area contributed by atoms with Crippen LogP contribution in [-0.4, -0.2) is 29.8 Å². The summed E-state index contributed by atoms with van der Waals surface area (Å²) in [5.41, 5.74) is 4.66. The minimum absolute atomic E-state index is 0.0132. The number of thioether (sulfide) groups is 1. The molecule has 0 radical (unpaired) electrons. The topological polar surface area (TPSA) is 32.8 Å². The Balaban J connectivity index is 1.48. The molecule has 1 heterocycles. The molecule has 2 aromatic rings. The van der Waals surface area contributed by atoms with Crippen molar-refractivity contribution in [2.45, 2.75) is 130 Å². The third-order valence-electron chi connectivity index (χ3n) is 8.33. The minimum atomic E-state index is 0.0132. The van der Waals surface area contributed by atoms with Crippen molar-refractivity contribution >= 4 is 23.4 Å². The summed E-state index contributed by atoms with van der Waals surface area (Å²) in [5, 5.41) is 2.13. The van der Waals surface area contributed by atoms with E-state index in [9.17, 15) is 4.79 Å². The van der Waals surface area contributed by atoms with Gasteiger partial charge in [-0.2, -0.15) is 0 Å². The maximum absolute atomic E-state index is 12.7. The summed E-state index contributed by atoms with van der Waals surface area (Å²) in [6, 6.07) is 15.1. The molecule has 1 aliphatic heterocycles. The summed E-state index contributed by atoms with van der Waals surface area (Å²) in [6.45, 7) is 13.0. The fourth-order valence-electron chi connectivity index (χ4n) is 5.76. The van der Waals surface area contributed by atoms with Crippen molar-refractivity contribution in [1.82, 2.24) is 4.90 Å². The molecule has 0 fully saturated rings. The largest absolute Gasteiger partial charge is 0.493 e. The summed E-state index contributed by atoms with van der Waals surface area (Å²) in [7, 11) is 0. The summed E-state index contributed by atoms with van der Waals surface area (Å²) in [5.74, 6) is 2.05. The zero-order valence-corrected chi connectivity index (χ0v) is 28.7. The summed E-state index contributed by atoms with van der Waals surface area (Å²) < 4.78 is 6.42. The molecule has 0 aliphatic carbocycles. The molecular formula is C38H58N2O2S. The molecule has 0 bridgehead atoms. The van der Waals surface area contributed by atoms with Crippen LogP contribution in [0.25, 0.3) is 0 Å². The Morgan fingerprint density at radius 3 is 2.16 bits per heavy atom. The monoisotopic (exact) mass is 606 g/mol. The number of hydrogen-bond donors (Lipinski definition) is 0. The van der Waals surface area contributed by atoms with E-state index in [4.69, 9.17) is 4.74 Å². The van der Waals surface area contributed by atoms with Crippen molar-refractivity contribution < 1.29 is 9.53 Å². The zero-order valence-electron chi connectivity index (χ0n) is 27.8. The standard InChI is InChI=1S/C38H58N2O2S/c1-6-7-8-9-10-11-12-13-14-15-16-17-26-42-37-29-33(21-22-36(37)38(3,4)5)23-24-40(32(2)41)35-20-18-19-34(28-35)30-39-25-27-43-31-39/h18-22,25,27-29H,6-17,23-24,26,30-31H2,1-5H3. The second-order valence-corrected chi connectivity index (χ2v) is 14.1. The minimum Gasteiger partial charge on any atom is -0.493 e. The fourth-order valence-corrected chi connectivity index (χ4v) is 6.48. The van der Waals surface area contributed by atoms with Crippen LogP contribution in [0.1, 0.15) is 128 Å². The molecule has 2 aromatic carbocycles. The quantitative estimate of drug-likeness (QED) is 0.140. The molecule has 0 spiro atoms. The van der Waals surface area contributed by atoms with Gasteiger partial charge in [0.15, 0.2) is 0 Å². The molecule has 0 atom stereocenters. The molecule has 0 saturated carbocycles. The molecule has 0 aromatic heterocycles. The van der Waals surface area contributed by atoms with Crippen molar-refractivity contribution in [3.05, 3.63) is 70.8 Å². The number of ether oxygens (including phenoxy) is 1. The van der Waals surface area contributed by atoms with Crippen LogP contribution in [0.3, 0.4) is 0 Å². The van der Waals surface area contributed by atoms with Crippen molar-refractivity contribution in [1.29, 1.82) is 0 Å². The predicted molar refractivity (Wildman–Crippen MR) is 187 cm³/mol. The van der Waals surface area contributed by atoms with Gasteiger partial charge in [-0.15, -0.1) is 11.8 Å². The Labute approximate surface area is 267 Å². The van der Waals surface area contributed by atoms with E-state index in [0.29, 0.717) is 6.54 Å². The van der Waals surface area contributed by atoms with Crippen LogP contribution < -0.4 is 9.64 Å². The van der Waals surface area contributed by atoms with Gasteiger partial charge in [0.05, 0.1) is 12.5 Å². The van der Waals surface area contributed by atoms with E-state index < -0.39 is 0 Å². The van der Waals surface area contributed by atoms with Gasteiger partial charge in [0.2, 0.25) is 5.91 Å². The molecule has 3 rings (SSSR count). The summed E-state index contributed by atoms with van der Waals surface area (Å²) >= 11 is 1.81. The first kappa shape index (κ1) is 35.1. The number of nitrogens with zero attached hydrogens (tertiary/aromatic N) is 2. The maximum atomic E-state index is 12.7. The fraction of sp³-hybridized carbons (Fsp3) is 0.605. The number of hydrogen-bond acceptors (Lipinski definition) is 4. The van der Waals surface area contributed by atoms with Crippen LogP contribution in [0.5, 0.6) is 5.75 Å². The molecule has 1 amide bonds. The predicted octanol–water partition coefficient (Wildman–Crippen LogP) is 10.6. The maximum Gasteiger partial charge on any atom is 0.223 e. The third kappa shape index (κ3) is 13.0. The van der Waals surface area contributed by atoms with Crippen molar-refractivity contribution in [3.8, 4) is 5.75 Å². The van der Waals surface area contributed by atoms with E-state index in [2.05, 4.69) is 80.6 Å². The molecular weight excluding hydrogens is 548 g/mol. The Kier molecular flexibility index (Phi) is 15.6. The van der Waals surface area contributed by atoms with E-state index in [1.54, 1.807) is 6.92 Å². The number of unbranched alkanes of at least 4 members (excludes halogenated alkanes) is 11. The smallest absolute Gasteiger partial charge is 0.223 e. The van der Waals surface area contributed by atoms with Gasteiger partial charge in [0.1, 0.15) is 5.75 Å². The van der Waals surface area contributed by atoms with E-state index in [1.807, 2.05) is 22.7 Å². The number of carbonyl (C=O) groups excluding carboxylic acids is 1. The molecule has 238 valence electrons. The molecule has 0 N–H and O–H groups in total. The van der Waals surface area contributed by atoms with Crippen LogP contribution in [0.4, 0.5) is 5.69 Å². The van der Waals surface area contributed by atoms with E-state index in [1.165, 1.54) is 87.3 Å². The van der Waals surface area contributed by atoms with Gasteiger partial charge >= 0.3 is 0 Å². The lowest BCUT2D eigenvalue weighted by atomic mass is 9.85. The molecule has 1 aliphatic rings. The van der Waals surface area contributed by atoms with Gasteiger partial charge in [-0.05, 0) is 58.6 Å². The second-order valence-electron chi connectivity index (χ2n) is 13.2. The Morgan fingerprint density at radius 2 is 1.56 bits per heavy atom. The van der Waals surface area contributed by atoms with Gasteiger partial charge in [-0.1, -0.05) is 123 Å². The molecule has 5 heteroatoms. The van der Waals surface area contributed by atoms with Crippen molar-refractivity contribution in [2.75, 3.05) is 23.9 Å². The zero-order chi connectivity index (χ0) is 30.9. The average molecular weight is 607 g/mol. The van der Waals surface area contributed by atoms with Crippen molar-refractivity contribution in [2.24, 2.45) is 0 Å². The summed E-state index contributed by atoms with van der Waals surface area (Å²) in [6.07, 6.45) is 19.1. The Hall–Kier alpha value is -2.40. The van der Waals surface area contributed by atoms with Crippen LogP contribution in [0.15, 0.2) is 54.1 Å². The first-order valence-corrected chi connectivity index (χ1v) is 18.0. The first-order valence-electron chi connectivity index (χ1n) is 16.9. The highest BCUT2D eigenvalue weighted by atomic mass is 32.2. The number of benzene rings is 2. The van der Waals surface area contributed by atoms with Gasteiger partial charge in [-0.3, -0.25) is 4.79 Å². The summed E-state index contributed by atoms with van der Waals surface area (Å²) in [4.78, 5) is 16.9. The van der Waals surface area contributed by atoms with Crippen LogP contribution in [-0.2, 0) is 23.2 Å². The lowest BCUT2D eigenvalue weighted by Gasteiger charge is -2.25. The van der Waals surface area contributed by atoms with Gasteiger partial charge < -0.3 is 14.5 Å². The number of rotatable bonds is 20. The first-order chi connectivity index (χ1) is 20.8. The highest BCUT2D eigenvalue weighted by molar-refractivity contribution is 8.02. The van der Waals surface area contributed by atoms with Crippen LogP contribution >= 0.6 is 11.8 Å². The number of amides is 1.